The van der Waals surface area contributed by atoms with Crippen molar-refractivity contribution in [1.29, 1.82) is 0 Å². The lowest BCUT2D eigenvalue weighted by Gasteiger charge is -2.37. The number of nitro groups is 1. The summed E-state index contributed by atoms with van der Waals surface area (Å²) in [7, 11) is 0. The molecule has 28 heavy (non-hydrogen) atoms. The maximum Gasteiger partial charge on any atom is 0.277 e. The molecule has 0 spiro atoms. The standard InChI is InChI=1S/C20H25N3O5/c1-4-5-10-22-19(24)17(15-6-8-16(9-7-15)23(26)27)18(20(22)25)21-11-13(2)28-14(3)12-21/h6-9,13-14H,4-5,10-12H2,1-3H3. The van der Waals surface area contributed by atoms with Gasteiger partial charge in [0.2, 0.25) is 0 Å². The van der Waals surface area contributed by atoms with E-state index in [1.165, 1.54) is 29.2 Å². The minimum atomic E-state index is -0.487. The van der Waals surface area contributed by atoms with E-state index in [4.69, 9.17) is 4.74 Å². The van der Waals surface area contributed by atoms with Gasteiger partial charge >= 0.3 is 0 Å². The number of nitrogens with zero attached hydrogens (tertiary/aromatic N) is 3. The topological polar surface area (TPSA) is 93.0 Å². The molecule has 2 aliphatic heterocycles. The molecule has 2 amide bonds. The normalized spacial score (nSPS) is 23.0. The first kappa shape index (κ1) is 20.0. The van der Waals surface area contributed by atoms with Gasteiger partial charge in [-0.25, -0.2) is 0 Å². The average molecular weight is 387 g/mol. The summed E-state index contributed by atoms with van der Waals surface area (Å²) in [6.07, 6.45) is 1.46. The molecule has 0 bridgehead atoms. The van der Waals surface area contributed by atoms with Crippen LogP contribution in [0.15, 0.2) is 30.0 Å². The van der Waals surface area contributed by atoms with Gasteiger partial charge in [-0.1, -0.05) is 13.3 Å². The van der Waals surface area contributed by atoms with E-state index in [9.17, 15) is 19.7 Å². The highest BCUT2D eigenvalue weighted by molar-refractivity contribution is 6.35. The van der Waals surface area contributed by atoms with Crippen LogP contribution in [-0.2, 0) is 14.3 Å². The Hall–Kier alpha value is -2.74. The third kappa shape index (κ3) is 3.77. The van der Waals surface area contributed by atoms with Gasteiger partial charge in [-0.15, -0.1) is 0 Å². The molecule has 8 heteroatoms. The number of carbonyl (C=O) groups excluding carboxylic acids is 2. The van der Waals surface area contributed by atoms with Gasteiger partial charge in [0, 0.05) is 31.8 Å². The lowest BCUT2D eigenvalue weighted by molar-refractivity contribution is -0.384. The first-order chi connectivity index (χ1) is 13.3. The van der Waals surface area contributed by atoms with Crippen molar-refractivity contribution in [2.24, 2.45) is 0 Å². The Morgan fingerprint density at radius 1 is 1.11 bits per heavy atom. The van der Waals surface area contributed by atoms with Crippen molar-refractivity contribution >= 4 is 23.1 Å². The van der Waals surface area contributed by atoms with E-state index in [-0.39, 0.29) is 29.7 Å². The minimum Gasteiger partial charge on any atom is -0.372 e. The molecule has 3 rings (SSSR count). The van der Waals surface area contributed by atoms with Crippen molar-refractivity contribution in [3.05, 3.63) is 45.6 Å². The number of hydrogen-bond acceptors (Lipinski definition) is 6. The molecule has 1 saturated heterocycles. The fourth-order valence-electron chi connectivity index (χ4n) is 3.75. The van der Waals surface area contributed by atoms with Crippen molar-refractivity contribution in [3.8, 4) is 0 Å². The average Bonchev–Trinajstić information content (AvgIpc) is 2.89. The molecule has 0 aliphatic carbocycles. The predicted molar refractivity (Wildman–Crippen MR) is 103 cm³/mol. The van der Waals surface area contributed by atoms with Gasteiger partial charge in [0.05, 0.1) is 22.7 Å². The molecule has 2 atom stereocenters. The molecule has 2 unspecified atom stereocenters. The number of ether oxygens (including phenoxy) is 1. The van der Waals surface area contributed by atoms with Gasteiger partial charge in [-0.3, -0.25) is 24.6 Å². The van der Waals surface area contributed by atoms with Gasteiger partial charge < -0.3 is 9.64 Å². The van der Waals surface area contributed by atoms with Gasteiger partial charge in [-0.2, -0.15) is 0 Å². The van der Waals surface area contributed by atoms with E-state index in [2.05, 4.69) is 0 Å². The van der Waals surface area contributed by atoms with Crippen LogP contribution in [-0.4, -0.2) is 58.4 Å². The highest BCUT2D eigenvalue weighted by Gasteiger charge is 2.42. The van der Waals surface area contributed by atoms with Crippen LogP contribution in [0.5, 0.6) is 0 Å². The van der Waals surface area contributed by atoms with E-state index in [0.717, 1.165) is 12.8 Å². The number of imide groups is 1. The third-order valence-electron chi connectivity index (χ3n) is 4.98. The Morgan fingerprint density at radius 2 is 1.71 bits per heavy atom. The summed E-state index contributed by atoms with van der Waals surface area (Å²) in [6, 6.07) is 5.79. The Bertz CT molecular complexity index is 808. The van der Waals surface area contributed by atoms with Gasteiger partial charge in [0.15, 0.2) is 0 Å². The van der Waals surface area contributed by atoms with Crippen LogP contribution in [0.2, 0.25) is 0 Å². The van der Waals surface area contributed by atoms with E-state index in [1.54, 1.807) is 0 Å². The Labute approximate surface area is 163 Å². The van der Waals surface area contributed by atoms with Crippen molar-refractivity contribution in [3.63, 3.8) is 0 Å². The van der Waals surface area contributed by atoms with Gasteiger partial charge in [-0.05, 0) is 38.0 Å². The molecule has 1 fully saturated rings. The largest absolute Gasteiger partial charge is 0.372 e. The molecule has 1 aromatic rings. The maximum atomic E-state index is 13.1. The van der Waals surface area contributed by atoms with Gasteiger partial charge in [0.25, 0.3) is 17.5 Å². The lowest BCUT2D eigenvalue weighted by Crippen LogP contribution is -2.47. The highest BCUT2D eigenvalue weighted by atomic mass is 16.6. The summed E-state index contributed by atoms with van der Waals surface area (Å²) in [5.41, 5.74) is 1.15. The third-order valence-corrected chi connectivity index (χ3v) is 4.98. The Morgan fingerprint density at radius 3 is 2.25 bits per heavy atom. The van der Waals surface area contributed by atoms with E-state index < -0.39 is 4.92 Å². The second kappa shape index (κ2) is 8.10. The molecule has 2 aliphatic rings. The van der Waals surface area contributed by atoms with Gasteiger partial charge in [0.1, 0.15) is 5.70 Å². The lowest BCUT2D eigenvalue weighted by atomic mass is 10.0. The number of hydrogen-bond donors (Lipinski definition) is 0. The zero-order valence-electron chi connectivity index (χ0n) is 16.4. The van der Waals surface area contributed by atoms with E-state index in [0.29, 0.717) is 36.5 Å². The first-order valence-corrected chi connectivity index (χ1v) is 9.59. The van der Waals surface area contributed by atoms with Crippen molar-refractivity contribution in [2.75, 3.05) is 19.6 Å². The SMILES string of the molecule is CCCCN1C(=O)C(c2ccc([N+](=O)[O-])cc2)=C(N2CC(C)OC(C)C2)C1=O. The van der Waals surface area contributed by atoms with E-state index >= 15 is 0 Å². The zero-order valence-corrected chi connectivity index (χ0v) is 16.4. The molecule has 0 saturated carbocycles. The predicted octanol–water partition coefficient (Wildman–Crippen LogP) is 2.58. The Balaban J connectivity index is 2.04. The number of amides is 2. The van der Waals surface area contributed by atoms with Crippen LogP contribution < -0.4 is 0 Å². The summed E-state index contributed by atoms with van der Waals surface area (Å²) in [6.45, 7) is 7.26. The molecular weight excluding hydrogens is 362 g/mol. The molecule has 1 aromatic carbocycles. The summed E-state index contributed by atoms with van der Waals surface area (Å²) in [4.78, 5) is 39.9. The minimum absolute atomic E-state index is 0.0564. The molecule has 150 valence electrons. The van der Waals surface area contributed by atoms with Crippen LogP contribution >= 0.6 is 0 Å². The van der Waals surface area contributed by atoms with Crippen LogP contribution in [0.25, 0.3) is 5.57 Å². The second-order valence-electron chi connectivity index (χ2n) is 7.31. The molecule has 0 radical (unpaired) electrons. The van der Waals surface area contributed by atoms with Crippen LogP contribution in [0, 0.1) is 10.1 Å². The van der Waals surface area contributed by atoms with Crippen LogP contribution in [0.3, 0.4) is 0 Å². The summed E-state index contributed by atoms with van der Waals surface area (Å²) in [5.74, 6) is -0.637. The molecule has 8 nitrogen and oxygen atoms in total. The molecule has 2 heterocycles. The van der Waals surface area contributed by atoms with Crippen molar-refractivity contribution < 1.29 is 19.2 Å². The number of carbonyl (C=O) groups is 2. The zero-order chi connectivity index (χ0) is 20.4. The molecule has 0 aromatic heterocycles. The highest BCUT2D eigenvalue weighted by Crippen LogP contribution is 2.34. The van der Waals surface area contributed by atoms with Crippen LogP contribution in [0.4, 0.5) is 5.69 Å². The fraction of sp³-hybridized carbons (Fsp3) is 0.500. The summed E-state index contributed by atoms with van der Waals surface area (Å²) in [5, 5.41) is 10.9. The Kier molecular flexibility index (Phi) is 5.79. The number of morpholine rings is 1. The van der Waals surface area contributed by atoms with E-state index in [1.807, 2.05) is 25.7 Å². The maximum absolute atomic E-state index is 13.1. The first-order valence-electron chi connectivity index (χ1n) is 9.59. The van der Waals surface area contributed by atoms with Crippen LogP contribution in [0.1, 0.15) is 39.2 Å². The number of non-ortho nitro benzene ring substituents is 1. The molecular formula is C20H25N3O5. The number of rotatable bonds is 6. The molecule has 0 N–H and O–H groups in total. The number of benzene rings is 1. The fourth-order valence-corrected chi connectivity index (χ4v) is 3.75. The number of nitro benzene ring substituents is 1. The summed E-state index contributed by atoms with van der Waals surface area (Å²) >= 11 is 0. The smallest absolute Gasteiger partial charge is 0.277 e. The van der Waals surface area contributed by atoms with Crippen molar-refractivity contribution in [2.45, 2.75) is 45.8 Å². The number of unbranched alkanes of at least 4 members (excludes halogenated alkanes) is 1. The van der Waals surface area contributed by atoms with Crippen molar-refractivity contribution in [1.82, 2.24) is 9.80 Å². The monoisotopic (exact) mass is 387 g/mol. The summed E-state index contributed by atoms with van der Waals surface area (Å²) < 4.78 is 5.76. The quantitative estimate of drug-likeness (QED) is 0.423. The second-order valence-corrected chi connectivity index (χ2v) is 7.31.